The number of carbonyl (C=O) groups excluding carboxylic acids is 1. The Morgan fingerprint density at radius 1 is 1.21 bits per heavy atom. The molecule has 1 aromatic carbocycles. The number of nitrogens with one attached hydrogen (secondary N) is 4. The van der Waals surface area contributed by atoms with Gasteiger partial charge in [-0.15, -0.1) is 0 Å². The van der Waals surface area contributed by atoms with Crippen LogP contribution in [0.2, 0.25) is 0 Å². The first-order valence-corrected chi connectivity index (χ1v) is 10.4. The van der Waals surface area contributed by atoms with Crippen molar-refractivity contribution in [1.82, 2.24) is 20.9 Å². The summed E-state index contributed by atoms with van der Waals surface area (Å²) in [7, 11) is 1.81. The molecule has 1 saturated heterocycles. The maximum atomic E-state index is 11.7. The van der Waals surface area contributed by atoms with Crippen LogP contribution in [0.5, 0.6) is 0 Å². The van der Waals surface area contributed by atoms with E-state index in [2.05, 4.69) is 38.1 Å². The fourth-order valence-corrected chi connectivity index (χ4v) is 3.33. The Balaban J connectivity index is 1.75. The molecule has 1 heterocycles. The number of guanidine groups is 1. The van der Waals surface area contributed by atoms with E-state index in [1.165, 1.54) is 13.0 Å². The van der Waals surface area contributed by atoms with Gasteiger partial charge in [0.25, 0.3) is 0 Å². The highest BCUT2D eigenvalue weighted by Crippen LogP contribution is 2.11. The molecule has 2 amide bonds. The number of likely N-dealkylation sites (tertiary alicyclic amines) is 1. The summed E-state index contributed by atoms with van der Waals surface area (Å²) in [4.78, 5) is 18.6. The van der Waals surface area contributed by atoms with Crippen LogP contribution < -0.4 is 21.3 Å². The van der Waals surface area contributed by atoms with Crippen molar-refractivity contribution >= 4 is 17.7 Å². The van der Waals surface area contributed by atoms with Gasteiger partial charge in [-0.05, 0) is 57.4 Å². The molecule has 0 bridgehead atoms. The zero-order chi connectivity index (χ0) is 20.4. The summed E-state index contributed by atoms with van der Waals surface area (Å²) in [5.41, 5.74) is 1.92. The van der Waals surface area contributed by atoms with Gasteiger partial charge in [0.15, 0.2) is 5.96 Å². The maximum Gasteiger partial charge on any atom is 0.319 e. The standard InChI is InChI=1S/C21H36N6O/c1-5-12-27-13-10-19(11-14-27)25-20(22-4)23-15-17-6-8-18(9-7-17)26-21(28)24-16(2)3/h6-9,16,19H,5,10-15H2,1-4H3,(H2,22,23,25)(H2,24,26,28). The van der Waals surface area contributed by atoms with E-state index in [0.29, 0.717) is 12.6 Å². The van der Waals surface area contributed by atoms with Gasteiger partial charge in [-0.3, -0.25) is 4.99 Å². The summed E-state index contributed by atoms with van der Waals surface area (Å²) >= 11 is 0. The molecule has 0 unspecified atom stereocenters. The van der Waals surface area contributed by atoms with Crippen LogP contribution in [0.3, 0.4) is 0 Å². The van der Waals surface area contributed by atoms with E-state index in [0.717, 1.165) is 43.1 Å². The minimum absolute atomic E-state index is 0.113. The fraction of sp³-hybridized carbons (Fsp3) is 0.619. The Labute approximate surface area is 169 Å². The van der Waals surface area contributed by atoms with Crippen molar-refractivity contribution in [1.29, 1.82) is 0 Å². The molecule has 0 spiro atoms. The third-order valence-corrected chi connectivity index (χ3v) is 4.78. The SMILES string of the molecule is CCCN1CCC(NC(=NC)NCc2ccc(NC(=O)NC(C)C)cc2)CC1. The van der Waals surface area contributed by atoms with Crippen LogP contribution in [-0.2, 0) is 6.54 Å². The molecular weight excluding hydrogens is 352 g/mol. The lowest BCUT2D eigenvalue weighted by atomic mass is 10.1. The smallest absolute Gasteiger partial charge is 0.319 e. The second kappa shape index (κ2) is 11.5. The number of amides is 2. The molecule has 1 aliphatic heterocycles. The summed E-state index contributed by atoms with van der Waals surface area (Å²) in [6, 6.07) is 8.25. The monoisotopic (exact) mass is 388 g/mol. The highest BCUT2D eigenvalue weighted by atomic mass is 16.2. The Morgan fingerprint density at radius 2 is 1.89 bits per heavy atom. The highest BCUT2D eigenvalue weighted by Gasteiger charge is 2.19. The average Bonchev–Trinajstić information content (AvgIpc) is 2.67. The molecule has 2 rings (SSSR count). The van der Waals surface area contributed by atoms with Crippen molar-refractivity contribution in [2.45, 2.75) is 58.7 Å². The quantitative estimate of drug-likeness (QED) is 0.428. The number of hydrogen-bond acceptors (Lipinski definition) is 3. The van der Waals surface area contributed by atoms with Gasteiger partial charge in [0.1, 0.15) is 0 Å². The number of anilines is 1. The zero-order valence-electron chi connectivity index (χ0n) is 17.7. The largest absolute Gasteiger partial charge is 0.354 e. The minimum atomic E-state index is -0.185. The first-order valence-electron chi connectivity index (χ1n) is 10.4. The summed E-state index contributed by atoms with van der Waals surface area (Å²) in [6.07, 6.45) is 3.52. The third-order valence-electron chi connectivity index (χ3n) is 4.78. The van der Waals surface area contributed by atoms with Crippen LogP contribution in [0.1, 0.15) is 45.6 Å². The number of aliphatic imine (C=N–C) groups is 1. The Morgan fingerprint density at radius 3 is 2.46 bits per heavy atom. The van der Waals surface area contributed by atoms with Crippen molar-refractivity contribution in [2.75, 3.05) is 32.0 Å². The minimum Gasteiger partial charge on any atom is -0.354 e. The van der Waals surface area contributed by atoms with Crippen molar-refractivity contribution in [3.8, 4) is 0 Å². The van der Waals surface area contributed by atoms with Gasteiger partial charge in [-0.2, -0.15) is 0 Å². The van der Waals surface area contributed by atoms with Crippen molar-refractivity contribution in [3.05, 3.63) is 29.8 Å². The molecule has 28 heavy (non-hydrogen) atoms. The third kappa shape index (κ3) is 7.76. The van der Waals surface area contributed by atoms with E-state index in [-0.39, 0.29) is 12.1 Å². The van der Waals surface area contributed by atoms with Gasteiger partial charge in [-0.1, -0.05) is 19.1 Å². The number of rotatable bonds is 7. The second-order valence-electron chi connectivity index (χ2n) is 7.64. The molecule has 0 saturated carbocycles. The average molecular weight is 389 g/mol. The number of carbonyl (C=O) groups is 1. The molecule has 1 fully saturated rings. The van der Waals surface area contributed by atoms with Crippen LogP contribution in [0.25, 0.3) is 0 Å². The van der Waals surface area contributed by atoms with Crippen molar-refractivity contribution in [3.63, 3.8) is 0 Å². The van der Waals surface area contributed by atoms with E-state index in [9.17, 15) is 4.79 Å². The second-order valence-corrected chi connectivity index (χ2v) is 7.64. The van der Waals surface area contributed by atoms with Crippen LogP contribution in [0.15, 0.2) is 29.3 Å². The Hall–Kier alpha value is -2.28. The molecule has 0 aromatic heterocycles. The molecule has 0 radical (unpaired) electrons. The first-order chi connectivity index (χ1) is 13.5. The maximum absolute atomic E-state index is 11.7. The van der Waals surface area contributed by atoms with Crippen LogP contribution in [0, 0.1) is 0 Å². The van der Waals surface area contributed by atoms with Crippen LogP contribution >= 0.6 is 0 Å². The number of hydrogen-bond donors (Lipinski definition) is 4. The van der Waals surface area contributed by atoms with E-state index in [1.807, 2.05) is 45.2 Å². The van der Waals surface area contributed by atoms with Crippen molar-refractivity contribution < 1.29 is 4.79 Å². The first kappa shape index (κ1) is 22.0. The number of benzene rings is 1. The Bertz CT molecular complexity index is 620. The normalized spacial score (nSPS) is 16.1. The molecule has 7 heteroatoms. The zero-order valence-corrected chi connectivity index (χ0v) is 17.7. The van der Waals surface area contributed by atoms with Gasteiger partial charge in [0, 0.05) is 44.5 Å². The predicted octanol–water partition coefficient (Wildman–Crippen LogP) is 2.76. The topological polar surface area (TPSA) is 80.8 Å². The number of urea groups is 1. The molecule has 0 aliphatic carbocycles. The number of nitrogens with zero attached hydrogens (tertiary/aromatic N) is 2. The van der Waals surface area contributed by atoms with E-state index in [4.69, 9.17) is 0 Å². The molecule has 4 N–H and O–H groups in total. The highest BCUT2D eigenvalue weighted by molar-refractivity contribution is 5.89. The lowest BCUT2D eigenvalue weighted by Gasteiger charge is -2.32. The molecule has 156 valence electrons. The van der Waals surface area contributed by atoms with Crippen molar-refractivity contribution in [2.24, 2.45) is 4.99 Å². The molecule has 1 aliphatic rings. The molecule has 0 atom stereocenters. The summed E-state index contributed by atoms with van der Waals surface area (Å²) in [6.45, 7) is 10.3. The predicted molar refractivity (Wildman–Crippen MR) is 117 cm³/mol. The summed E-state index contributed by atoms with van der Waals surface area (Å²) < 4.78 is 0. The van der Waals surface area contributed by atoms with E-state index in [1.54, 1.807) is 0 Å². The van der Waals surface area contributed by atoms with Crippen LogP contribution in [-0.4, -0.2) is 55.7 Å². The Kier molecular flexibility index (Phi) is 9.07. The van der Waals surface area contributed by atoms with E-state index < -0.39 is 0 Å². The van der Waals surface area contributed by atoms with Gasteiger partial charge >= 0.3 is 6.03 Å². The molecular formula is C21H36N6O. The fourth-order valence-electron chi connectivity index (χ4n) is 3.33. The molecule has 7 nitrogen and oxygen atoms in total. The van der Waals surface area contributed by atoms with Gasteiger partial charge in [0.05, 0.1) is 0 Å². The summed E-state index contributed by atoms with van der Waals surface area (Å²) in [5, 5.41) is 12.6. The lowest BCUT2D eigenvalue weighted by molar-refractivity contribution is 0.206. The van der Waals surface area contributed by atoms with E-state index >= 15 is 0 Å². The lowest BCUT2D eigenvalue weighted by Crippen LogP contribution is -2.48. The van der Waals surface area contributed by atoms with Gasteiger partial charge in [-0.25, -0.2) is 4.79 Å². The summed E-state index contributed by atoms with van der Waals surface area (Å²) in [5.74, 6) is 0.840. The molecule has 1 aromatic rings. The number of piperidine rings is 1. The van der Waals surface area contributed by atoms with Gasteiger partial charge < -0.3 is 26.2 Å². The van der Waals surface area contributed by atoms with Gasteiger partial charge in [0.2, 0.25) is 0 Å². The van der Waals surface area contributed by atoms with Crippen LogP contribution in [0.4, 0.5) is 10.5 Å².